The zero-order valence-electron chi connectivity index (χ0n) is 10.8. The molecule has 1 heterocycles. The standard InChI is InChI=1S/C16H21NO/c1-2-18-13-10-15-8-11-17(12-9-15)14-16-6-4-3-5-7-16/h2-7,10H,1,8-9,11-14H2. The number of hydrogen-bond donors (Lipinski definition) is 0. The number of ether oxygens (including phenoxy) is 1. The van der Waals surface area contributed by atoms with E-state index in [4.69, 9.17) is 4.74 Å². The highest BCUT2D eigenvalue weighted by molar-refractivity contribution is 5.15. The van der Waals surface area contributed by atoms with Gasteiger partial charge in [0, 0.05) is 19.6 Å². The molecular formula is C16H21NO. The fraction of sp³-hybridized carbons (Fsp3) is 0.375. The minimum absolute atomic E-state index is 0.664. The molecule has 0 amide bonds. The molecule has 1 saturated heterocycles. The lowest BCUT2D eigenvalue weighted by Gasteiger charge is -2.28. The van der Waals surface area contributed by atoms with Gasteiger partial charge in [-0.2, -0.15) is 0 Å². The van der Waals surface area contributed by atoms with E-state index in [0.717, 1.165) is 32.5 Å². The minimum Gasteiger partial charge on any atom is -0.498 e. The summed E-state index contributed by atoms with van der Waals surface area (Å²) in [4.78, 5) is 2.51. The van der Waals surface area contributed by atoms with Crippen molar-refractivity contribution in [1.29, 1.82) is 0 Å². The molecule has 0 N–H and O–H groups in total. The molecule has 1 aromatic rings. The number of rotatable bonds is 5. The predicted octanol–water partition coefficient (Wildman–Crippen LogP) is 3.37. The lowest BCUT2D eigenvalue weighted by Crippen LogP contribution is -2.30. The molecule has 2 heteroatoms. The van der Waals surface area contributed by atoms with Gasteiger partial charge in [-0.15, -0.1) is 0 Å². The molecule has 0 spiro atoms. The van der Waals surface area contributed by atoms with E-state index in [2.05, 4.69) is 47.9 Å². The Kier molecular flexibility index (Phi) is 5.03. The van der Waals surface area contributed by atoms with Crippen LogP contribution in [0.25, 0.3) is 0 Å². The topological polar surface area (TPSA) is 12.5 Å². The molecule has 0 saturated carbocycles. The Morgan fingerprint density at radius 3 is 2.56 bits per heavy atom. The first-order chi connectivity index (χ1) is 8.88. The minimum atomic E-state index is 0.664. The van der Waals surface area contributed by atoms with Crippen LogP contribution in [0.4, 0.5) is 0 Å². The molecule has 0 atom stereocenters. The van der Waals surface area contributed by atoms with Gasteiger partial charge in [0.1, 0.15) is 6.61 Å². The van der Waals surface area contributed by atoms with Crippen LogP contribution in [0.3, 0.4) is 0 Å². The summed E-state index contributed by atoms with van der Waals surface area (Å²) in [6.07, 6.45) is 6.02. The van der Waals surface area contributed by atoms with E-state index in [-0.39, 0.29) is 0 Å². The highest BCUT2D eigenvalue weighted by Crippen LogP contribution is 2.17. The van der Waals surface area contributed by atoms with Crippen molar-refractivity contribution in [2.45, 2.75) is 19.4 Å². The molecule has 1 aliphatic rings. The summed E-state index contributed by atoms with van der Waals surface area (Å²) in [7, 11) is 0. The first-order valence-electron chi connectivity index (χ1n) is 6.55. The third-order valence-electron chi connectivity index (χ3n) is 3.33. The zero-order valence-corrected chi connectivity index (χ0v) is 10.8. The Morgan fingerprint density at radius 1 is 1.17 bits per heavy atom. The van der Waals surface area contributed by atoms with Crippen LogP contribution in [0.5, 0.6) is 0 Å². The molecule has 1 aliphatic heterocycles. The summed E-state index contributed by atoms with van der Waals surface area (Å²) in [5.74, 6) is 0. The fourth-order valence-corrected chi connectivity index (χ4v) is 2.28. The molecule has 1 fully saturated rings. The summed E-state index contributed by atoms with van der Waals surface area (Å²) in [5.41, 5.74) is 2.92. The Labute approximate surface area is 110 Å². The van der Waals surface area contributed by atoms with Gasteiger partial charge >= 0.3 is 0 Å². The van der Waals surface area contributed by atoms with Crippen LogP contribution < -0.4 is 0 Å². The predicted molar refractivity (Wildman–Crippen MR) is 75.2 cm³/mol. The largest absolute Gasteiger partial charge is 0.498 e. The fourth-order valence-electron chi connectivity index (χ4n) is 2.28. The van der Waals surface area contributed by atoms with E-state index in [1.807, 2.05) is 0 Å². The Hall–Kier alpha value is -1.54. The van der Waals surface area contributed by atoms with E-state index in [1.54, 1.807) is 0 Å². The maximum absolute atomic E-state index is 5.13. The molecule has 0 aliphatic carbocycles. The molecular weight excluding hydrogens is 222 g/mol. The van der Waals surface area contributed by atoms with E-state index < -0.39 is 0 Å². The number of piperidine rings is 1. The van der Waals surface area contributed by atoms with E-state index in [1.165, 1.54) is 17.4 Å². The zero-order chi connectivity index (χ0) is 12.6. The highest BCUT2D eigenvalue weighted by atomic mass is 16.5. The van der Waals surface area contributed by atoms with Gasteiger partial charge in [0.25, 0.3) is 0 Å². The second-order valence-corrected chi connectivity index (χ2v) is 4.62. The lowest BCUT2D eigenvalue weighted by atomic mass is 10.0. The van der Waals surface area contributed by atoms with Crippen molar-refractivity contribution < 1.29 is 4.74 Å². The van der Waals surface area contributed by atoms with Crippen molar-refractivity contribution >= 4 is 0 Å². The van der Waals surface area contributed by atoms with Gasteiger partial charge in [0.2, 0.25) is 0 Å². The molecule has 0 unspecified atom stereocenters. The highest BCUT2D eigenvalue weighted by Gasteiger charge is 2.13. The first-order valence-corrected chi connectivity index (χ1v) is 6.55. The van der Waals surface area contributed by atoms with Crippen molar-refractivity contribution in [3.63, 3.8) is 0 Å². The normalized spacial score (nSPS) is 16.3. The average molecular weight is 243 g/mol. The molecule has 96 valence electrons. The van der Waals surface area contributed by atoms with E-state index >= 15 is 0 Å². The number of nitrogens with zero attached hydrogens (tertiary/aromatic N) is 1. The van der Waals surface area contributed by atoms with Crippen LogP contribution >= 0.6 is 0 Å². The quantitative estimate of drug-likeness (QED) is 0.446. The maximum atomic E-state index is 5.13. The maximum Gasteiger partial charge on any atom is 0.106 e. The van der Waals surface area contributed by atoms with Crippen molar-refractivity contribution in [3.8, 4) is 0 Å². The van der Waals surface area contributed by atoms with Gasteiger partial charge in [-0.25, -0.2) is 0 Å². The Morgan fingerprint density at radius 2 is 1.89 bits per heavy atom. The van der Waals surface area contributed by atoms with Crippen molar-refractivity contribution in [2.24, 2.45) is 0 Å². The molecule has 2 rings (SSSR count). The monoisotopic (exact) mass is 243 g/mol. The third-order valence-corrected chi connectivity index (χ3v) is 3.33. The summed E-state index contributed by atoms with van der Waals surface area (Å²) < 4.78 is 5.13. The Balaban J connectivity index is 1.76. The molecule has 0 radical (unpaired) electrons. The summed E-state index contributed by atoms with van der Waals surface area (Å²) in [5, 5.41) is 0. The number of benzene rings is 1. The van der Waals surface area contributed by atoms with Crippen molar-refractivity contribution in [2.75, 3.05) is 19.7 Å². The van der Waals surface area contributed by atoms with Crippen LogP contribution in [0.2, 0.25) is 0 Å². The molecule has 18 heavy (non-hydrogen) atoms. The van der Waals surface area contributed by atoms with Gasteiger partial charge in [0.05, 0.1) is 6.26 Å². The third kappa shape index (κ3) is 4.04. The van der Waals surface area contributed by atoms with E-state index in [9.17, 15) is 0 Å². The van der Waals surface area contributed by atoms with Gasteiger partial charge < -0.3 is 4.74 Å². The summed E-state index contributed by atoms with van der Waals surface area (Å²) in [6.45, 7) is 7.57. The lowest BCUT2D eigenvalue weighted by molar-refractivity contribution is 0.245. The molecule has 1 aromatic carbocycles. The average Bonchev–Trinajstić information content (AvgIpc) is 2.42. The first kappa shape index (κ1) is 12.9. The second-order valence-electron chi connectivity index (χ2n) is 4.62. The van der Waals surface area contributed by atoms with E-state index in [0.29, 0.717) is 6.61 Å². The molecule has 2 nitrogen and oxygen atoms in total. The number of likely N-dealkylation sites (tertiary alicyclic amines) is 1. The van der Waals surface area contributed by atoms with Gasteiger partial charge in [0.15, 0.2) is 0 Å². The van der Waals surface area contributed by atoms with Gasteiger partial charge in [-0.05, 0) is 24.5 Å². The molecule has 0 bridgehead atoms. The SMILES string of the molecule is C=COCC=C1CCN(Cc2ccccc2)CC1. The summed E-state index contributed by atoms with van der Waals surface area (Å²) in [6, 6.07) is 10.7. The van der Waals surface area contributed by atoms with Crippen LogP contribution in [0, 0.1) is 0 Å². The van der Waals surface area contributed by atoms with Gasteiger partial charge in [-0.3, -0.25) is 4.90 Å². The van der Waals surface area contributed by atoms with Crippen LogP contribution in [-0.4, -0.2) is 24.6 Å². The van der Waals surface area contributed by atoms with Crippen LogP contribution in [-0.2, 0) is 11.3 Å². The number of hydrogen-bond acceptors (Lipinski definition) is 2. The molecule has 0 aromatic heterocycles. The van der Waals surface area contributed by atoms with Crippen molar-refractivity contribution in [3.05, 3.63) is 60.4 Å². The summed E-state index contributed by atoms with van der Waals surface area (Å²) >= 11 is 0. The smallest absolute Gasteiger partial charge is 0.106 e. The van der Waals surface area contributed by atoms with Gasteiger partial charge in [-0.1, -0.05) is 42.5 Å². The van der Waals surface area contributed by atoms with Crippen LogP contribution in [0.1, 0.15) is 18.4 Å². The van der Waals surface area contributed by atoms with Crippen LogP contribution in [0.15, 0.2) is 54.8 Å². The van der Waals surface area contributed by atoms with Crippen molar-refractivity contribution in [1.82, 2.24) is 4.90 Å². The Bertz CT molecular complexity index is 387. The second kappa shape index (κ2) is 7.02.